The van der Waals surface area contributed by atoms with E-state index in [0.29, 0.717) is 28.1 Å². The van der Waals surface area contributed by atoms with E-state index in [9.17, 15) is 4.79 Å². The fourth-order valence-electron chi connectivity index (χ4n) is 2.54. The quantitative estimate of drug-likeness (QED) is 0.583. The van der Waals surface area contributed by atoms with Gasteiger partial charge in [-0.3, -0.25) is 0 Å². The van der Waals surface area contributed by atoms with E-state index in [1.54, 1.807) is 6.07 Å². The lowest BCUT2D eigenvalue weighted by Gasteiger charge is -1.92. The molecule has 4 rings (SSSR count). The molecule has 3 N–H and O–H groups in total. The zero-order valence-corrected chi connectivity index (χ0v) is 12.2. The lowest BCUT2D eigenvalue weighted by molar-refractivity contribution is 0.0697. The number of hydrogen-bond donors (Lipinski definition) is 2. The zero-order valence-electron chi connectivity index (χ0n) is 12.2. The standard InChI is InChI=1S/C17H12N2O4/c1-8-2-5-12-10(6-8)14(18)15(22-12)16-19-11-4-3-9(17(20)21)7-13(11)23-16/h2-7H,18H2,1H3,(H,20,21). The topological polar surface area (TPSA) is 102 Å². The number of anilines is 1. The van der Waals surface area contributed by atoms with E-state index in [2.05, 4.69) is 4.98 Å². The molecule has 2 aromatic heterocycles. The number of nitrogen functional groups attached to an aromatic ring is 1. The van der Waals surface area contributed by atoms with Crippen LogP contribution < -0.4 is 5.73 Å². The SMILES string of the molecule is Cc1ccc2oc(-c3nc4ccc(C(=O)O)cc4o3)c(N)c2c1. The Hall–Kier alpha value is -3.28. The van der Waals surface area contributed by atoms with Crippen LogP contribution in [0.15, 0.2) is 45.2 Å². The van der Waals surface area contributed by atoms with Crippen LogP contribution in [0.5, 0.6) is 0 Å². The average molecular weight is 308 g/mol. The third-order valence-electron chi connectivity index (χ3n) is 3.71. The minimum absolute atomic E-state index is 0.133. The molecule has 23 heavy (non-hydrogen) atoms. The predicted octanol–water partition coefficient (Wildman–Crippen LogP) is 3.83. The second-order valence-corrected chi connectivity index (χ2v) is 5.35. The average Bonchev–Trinajstić information content (AvgIpc) is 3.08. The van der Waals surface area contributed by atoms with Gasteiger partial charge >= 0.3 is 5.97 Å². The predicted molar refractivity (Wildman–Crippen MR) is 85.3 cm³/mol. The number of carboxylic acid groups (broad SMARTS) is 1. The van der Waals surface area contributed by atoms with Crippen LogP contribution in [0.25, 0.3) is 33.7 Å². The van der Waals surface area contributed by atoms with Crippen molar-refractivity contribution >= 4 is 33.7 Å². The summed E-state index contributed by atoms with van der Waals surface area (Å²) in [5.74, 6) is -0.448. The van der Waals surface area contributed by atoms with Crippen molar-refractivity contribution in [3.05, 3.63) is 47.5 Å². The number of aromatic nitrogens is 1. The third-order valence-corrected chi connectivity index (χ3v) is 3.71. The van der Waals surface area contributed by atoms with Gasteiger partial charge < -0.3 is 19.7 Å². The molecule has 0 radical (unpaired) electrons. The molecule has 0 aliphatic heterocycles. The number of aromatic carboxylic acids is 1. The number of nitrogens with two attached hydrogens (primary N) is 1. The van der Waals surface area contributed by atoms with Gasteiger partial charge in [0.25, 0.3) is 5.89 Å². The van der Waals surface area contributed by atoms with Gasteiger partial charge in [0.15, 0.2) is 5.58 Å². The second kappa shape index (κ2) is 4.61. The molecular weight excluding hydrogens is 296 g/mol. The van der Waals surface area contributed by atoms with Gasteiger partial charge in [-0.2, -0.15) is 0 Å². The fourth-order valence-corrected chi connectivity index (χ4v) is 2.54. The molecular formula is C17H12N2O4. The molecule has 0 amide bonds. The highest BCUT2D eigenvalue weighted by atomic mass is 16.4. The summed E-state index contributed by atoms with van der Waals surface area (Å²) in [6.45, 7) is 1.97. The van der Waals surface area contributed by atoms with Crippen molar-refractivity contribution in [2.75, 3.05) is 5.73 Å². The van der Waals surface area contributed by atoms with Gasteiger partial charge in [-0.05, 0) is 37.3 Å². The van der Waals surface area contributed by atoms with E-state index in [4.69, 9.17) is 19.7 Å². The maximum atomic E-state index is 11.0. The number of aryl methyl sites for hydroxylation is 1. The van der Waals surface area contributed by atoms with Gasteiger partial charge in [0.1, 0.15) is 11.1 Å². The van der Waals surface area contributed by atoms with Crippen molar-refractivity contribution in [2.24, 2.45) is 0 Å². The number of benzene rings is 2. The normalized spacial score (nSPS) is 11.3. The highest BCUT2D eigenvalue weighted by molar-refractivity contribution is 5.97. The maximum absolute atomic E-state index is 11.0. The Morgan fingerprint density at radius 1 is 1.13 bits per heavy atom. The Kier molecular flexibility index (Phi) is 2.68. The van der Waals surface area contributed by atoms with Crippen molar-refractivity contribution in [3.63, 3.8) is 0 Å². The molecule has 2 aromatic carbocycles. The molecule has 0 aliphatic rings. The summed E-state index contributed by atoms with van der Waals surface area (Å²) in [6.07, 6.45) is 0. The molecule has 0 aliphatic carbocycles. The monoisotopic (exact) mass is 308 g/mol. The van der Waals surface area contributed by atoms with Gasteiger partial charge in [-0.1, -0.05) is 11.6 Å². The number of hydrogen-bond acceptors (Lipinski definition) is 5. The summed E-state index contributed by atoms with van der Waals surface area (Å²) in [7, 11) is 0. The molecule has 0 saturated heterocycles. The second-order valence-electron chi connectivity index (χ2n) is 5.35. The Balaban J connectivity index is 1.91. The Bertz CT molecular complexity index is 1080. The van der Waals surface area contributed by atoms with E-state index in [1.807, 2.05) is 25.1 Å². The van der Waals surface area contributed by atoms with Crippen LogP contribution in [0.1, 0.15) is 15.9 Å². The van der Waals surface area contributed by atoms with Crippen LogP contribution in [0.4, 0.5) is 5.69 Å². The zero-order chi connectivity index (χ0) is 16.1. The van der Waals surface area contributed by atoms with Crippen molar-refractivity contribution in [1.82, 2.24) is 4.98 Å². The van der Waals surface area contributed by atoms with Crippen molar-refractivity contribution in [1.29, 1.82) is 0 Å². The number of carboxylic acids is 1. The molecule has 2 heterocycles. The first-order valence-electron chi connectivity index (χ1n) is 6.96. The molecule has 0 fully saturated rings. The number of nitrogens with zero attached hydrogens (tertiary/aromatic N) is 1. The number of furan rings is 1. The summed E-state index contributed by atoms with van der Waals surface area (Å²) in [5.41, 5.74) is 9.37. The molecule has 114 valence electrons. The van der Waals surface area contributed by atoms with Crippen LogP contribution >= 0.6 is 0 Å². The number of oxazole rings is 1. The van der Waals surface area contributed by atoms with Crippen LogP contribution in [0.2, 0.25) is 0 Å². The molecule has 6 heteroatoms. The Morgan fingerprint density at radius 3 is 2.74 bits per heavy atom. The first-order chi connectivity index (χ1) is 11.0. The molecule has 0 spiro atoms. The summed E-state index contributed by atoms with van der Waals surface area (Å²) < 4.78 is 11.4. The third kappa shape index (κ3) is 2.03. The largest absolute Gasteiger partial charge is 0.478 e. The van der Waals surface area contributed by atoms with Crippen molar-refractivity contribution in [2.45, 2.75) is 6.92 Å². The summed E-state index contributed by atoms with van der Waals surface area (Å²) in [4.78, 5) is 15.4. The van der Waals surface area contributed by atoms with Crippen LogP contribution in [0.3, 0.4) is 0 Å². The number of carbonyl (C=O) groups is 1. The van der Waals surface area contributed by atoms with Crippen LogP contribution in [-0.4, -0.2) is 16.1 Å². The smallest absolute Gasteiger partial charge is 0.335 e. The Morgan fingerprint density at radius 2 is 1.96 bits per heavy atom. The van der Waals surface area contributed by atoms with E-state index in [1.165, 1.54) is 12.1 Å². The van der Waals surface area contributed by atoms with Gasteiger partial charge in [-0.25, -0.2) is 9.78 Å². The first kappa shape index (κ1) is 13.4. The van der Waals surface area contributed by atoms with Crippen LogP contribution in [0, 0.1) is 6.92 Å². The maximum Gasteiger partial charge on any atom is 0.335 e. The van der Waals surface area contributed by atoms with Gasteiger partial charge in [0, 0.05) is 5.39 Å². The van der Waals surface area contributed by atoms with Gasteiger partial charge in [0.05, 0.1) is 11.3 Å². The summed E-state index contributed by atoms with van der Waals surface area (Å²) in [6, 6.07) is 10.2. The molecule has 0 bridgehead atoms. The highest BCUT2D eigenvalue weighted by Crippen LogP contribution is 2.37. The lowest BCUT2D eigenvalue weighted by atomic mass is 10.1. The van der Waals surface area contributed by atoms with Crippen molar-refractivity contribution < 1.29 is 18.7 Å². The minimum atomic E-state index is -1.02. The van der Waals surface area contributed by atoms with Gasteiger partial charge in [0.2, 0.25) is 5.76 Å². The Labute approximate surface area is 130 Å². The molecule has 4 aromatic rings. The molecule has 0 saturated carbocycles. The summed E-state index contributed by atoms with van der Waals surface area (Å²) in [5, 5.41) is 9.83. The number of fused-ring (bicyclic) bond motifs is 2. The van der Waals surface area contributed by atoms with E-state index in [0.717, 1.165) is 10.9 Å². The van der Waals surface area contributed by atoms with Crippen molar-refractivity contribution in [3.8, 4) is 11.7 Å². The molecule has 0 unspecified atom stereocenters. The fraction of sp³-hybridized carbons (Fsp3) is 0.0588. The number of rotatable bonds is 2. The van der Waals surface area contributed by atoms with E-state index < -0.39 is 5.97 Å². The summed E-state index contributed by atoms with van der Waals surface area (Å²) >= 11 is 0. The lowest BCUT2D eigenvalue weighted by Crippen LogP contribution is -1.94. The molecule has 6 nitrogen and oxygen atoms in total. The first-order valence-corrected chi connectivity index (χ1v) is 6.96. The van der Waals surface area contributed by atoms with E-state index in [-0.39, 0.29) is 11.5 Å². The highest BCUT2D eigenvalue weighted by Gasteiger charge is 2.19. The molecule has 0 atom stereocenters. The van der Waals surface area contributed by atoms with E-state index >= 15 is 0 Å². The van der Waals surface area contributed by atoms with Crippen LogP contribution in [-0.2, 0) is 0 Å². The minimum Gasteiger partial charge on any atom is -0.478 e. The van der Waals surface area contributed by atoms with Gasteiger partial charge in [-0.15, -0.1) is 0 Å².